The van der Waals surface area contributed by atoms with E-state index in [1.54, 1.807) is 19.3 Å². The molecule has 2 rings (SSSR count). The van der Waals surface area contributed by atoms with Gasteiger partial charge >= 0.3 is 0 Å². The van der Waals surface area contributed by atoms with Crippen molar-refractivity contribution in [2.75, 3.05) is 17.7 Å². The van der Waals surface area contributed by atoms with Crippen molar-refractivity contribution in [2.24, 2.45) is 0 Å². The smallest absolute Gasteiger partial charge is 0.259 e. The summed E-state index contributed by atoms with van der Waals surface area (Å²) in [5, 5.41) is 5.80. The Morgan fingerprint density at radius 2 is 2.00 bits per heavy atom. The van der Waals surface area contributed by atoms with Crippen molar-refractivity contribution in [2.45, 2.75) is 0 Å². The molecular formula is C13H12BrN3O. The van der Waals surface area contributed by atoms with Crippen LogP contribution in [0.5, 0.6) is 0 Å². The molecule has 2 aromatic rings. The second-order valence-electron chi connectivity index (χ2n) is 3.61. The van der Waals surface area contributed by atoms with E-state index in [1.165, 1.54) is 6.20 Å². The molecule has 92 valence electrons. The number of pyridine rings is 1. The highest BCUT2D eigenvalue weighted by molar-refractivity contribution is 9.10. The Bertz CT molecular complexity index is 572. The number of rotatable bonds is 3. The molecule has 0 atom stereocenters. The predicted molar refractivity (Wildman–Crippen MR) is 75.9 cm³/mol. The van der Waals surface area contributed by atoms with E-state index < -0.39 is 0 Å². The molecular weight excluding hydrogens is 294 g/mol. The van der Waals surface area contributed by atoms with Crippen LogP contribution in [-0.4, -0.2) is 17.9 Å². The molecule has 5 heteroatoms. The first-order valence-electron chi connectivity index (χ1n) is 5.40. The van der Waals surface area contributed by atoms with Crippen molar-refractivity contribution >= 4 is 33.2 Å². The maximum Gasteiger partial charge on any atom is 0.259 e. The third-order valence-electron chi connectivity index (χ3n) is 2.46. The number of anilines is 2. The van der Waals surface area contributed by atoms with Crippen LogP contribution in [0.1, 0.15) is 10.4 Å². The molecule has 4 nitrogen and oxygen atoms in total. The van der Waals surface area contributed by atoms with Crippen molar-refractivity contribution in [1.29, 1.82) is 0 Å². The molecule has 0 aliphatic heterocycles. The fourth-order valence-corrected chi connectivity index (χ4v) is 1.93. The molecule has 18 heavy (non-hydrogen) atoms. The summed E-state index contributed by atoms with van der Waals surface area (Å²) in [4.78, 5) is 16.1. The molecule has 0 spiro atoms. The van der Waals surface area contributed by atoms with E-state index in [2.05, 4.69) is 31.5 Å². The lowest BCUT2D eigenvalue weighted by atomic mass is 10.2. The number of aromatic nitrogens is 1. The minimum absolute atomic E-state index is 0.195. The number of nitrogens with one attached hydrogen (secondary N) is 2. The lowest BCUT2D eigenvalue weighted by Gasteiger charge is -2.10. The maximum atomic E-state index is 12.1. The number of amides is 1. The summed E-state index contributed by atoms with van der Waals surface area (Å²) in [5.41, 5.74) is 1.98. The van der Waals surface area contributed by atoms with Gasteiger partial charge in [0.2, 0.25) is 0 Å². The van der Waals surface area contributed by atoms with Crippen molar-refractivity contribution < 1.29 is 4.79 Å². The topological polar surface area (TPSA) is 54.0 Å². The first-order valence-corrected chi connectivity index (χ1v) is 6.19. The number of nitrogens with zero attached hydrogens (tertiary/aromatic N) is 1. The predicted octanol–water partition coefficient (Wildman–Crippen LogP) is 3.14. The standard InChI is InChI=1S/C13H12BrN3O/c1-15-11-6-7-16-8-9(11)13(18)17-12-5-3-2-4-10(12)14/h2-8H,1H3,(H,15,16)(H,17,18). The number of hydrogen-bond acceptors (Lipinski definition) is 3. The summed E-state index contributed by atoms with van der Waals surface area (Å²) in [7, 11) is 1.77. The van der Waals surface area contributed by atoms with Gasteiger partial charge in [-0.25, -0.2) is 0 Å². The van der Waals surface area contributed by atoms with Gasteiger partial charge in [-0.05, 0) is 34.1 Å². The third kappa shape index (κ3) is 2.68. The average molecular weight is 306 g/mol. The molecule has 1 aromatic heterocycles. The first-order chi connectivity index (χ1) is 8.72. The highest BCUT2D eigenvalue weighted by atomic mass is 79.9. The number of carbonyl (C=O) groups excluding carboxylic acids is 1. The zero-order chi connectivity index (χ0) is 13.0. The monoisotopic (exact) mass is 305 g/mol. The second-order valence-corrected chi connectivity index (χ2v) is 4.46. The van der Waals surface area contributed by atoms with Gasteiger partial charge in [0.25, 0.3) is 5.91 Å². The quantitative estimate of drug-likeness (QED) is 0.916. The molecule has 0 saturated carbocycles. The Labute approximate surface area is 114 Å². The SMILES string of the molecule is CNc1ccncc1C(=O)Nc1ccccc1Br. The molecule has 0 aliphatic carbocycles. The van der Waals surface area contributed by atoms with Gasteiger partial charge in [0.05, 0.1) is 11.3 Å². The second kappa shape index (κ2) is 5.64. The van der Waals surface area contributed by atoms with E-state index in [0.717, 1.165) is 15.8 Å². The Morgan fingerprint density at radius 3 is 2.72 bits per heavy atom. The summed E-state index contributed by atoms with van der Waals surface area (Å²) in [5.74, 6) is -0.195. The first kappa shape index (κ1) is 12.6. The van der Waals surface area contributed by atoms with Gasteiger partial charge in [-0.2, -0.15) is 0 Å². The molecule has 0 aliphatic rings. The lowest BCUT2D eigenvalue weighted by molar-refractivity contribution is 0.102. The van der Waals surface area contributed by atoms with Gasteiger partial charge in [0, 0.05) is 29.6 Å². The number of halogens is 1. The zero-order valence-electron chi connectivity index (χ0n) is 9.77. The molecule has 0 radical (unpaired) electrons. The molecule has 0 unspecified atom stereocenters. The van der Waals surface area contributed by atoms with Crippen LogP contribution in [0, 0.1) is 0 Å². The number of carbonyl (C=O) groups is 1. The maximum absolute atomic E-state index is 12.1. The van der Waals surface area contributed by atoms with Crippen LogP contribution in [0.4, 0.5) is 11.4 Å². The van der Waals surface area contributed by atoms with Crippen LogP contribution in [0.15, 0.2) is 47.2 Å². The number of para-hydroxylation sites is 1. The van der Waals surface area contributed by atoms with Crippen LogP contribution >= 0.6 is 15.9 Å². The van der Waals surface area contributed by atoms with Crippen LogP contribution < -0.4 is 10.6 Å². The Hall–Kier alpha value is -1.88. The van der Waals surface area contributed by atoms with Gasteiger partial charge in [-0.15, -0.1) is 0 Å². The number of benzene rings is 1. The average Bonchev–Trinajstić information content (AvgIpc) is 2.41. The van der Waals surface area contributed by atoms with Gasteiger partial charge in [0.1, 0.15) is 0 Å². The van der Waals surface area contributed by atoms with E-state index in [4.69, 9.17) is 0 Å². The van der Waals surface area contributed by atoms with E-state index >= 15 is 0 Å². The summed E-state index contributed by atoms with van der Waals surface area (Å²) >= 11 is 3.39. The van der Waals surface area contributed by atoms with Crippen LogP contribution in [-0.2, 0) is 0 Å². The van der Waals surface area contributed by atoms with Gasteiger partial charge in [-0.1, -0.05) is 12.1 Å². The summed E-state index contributed by atoms with van der Waals surface area (Å²) < 4.78 is 0.841. The molecule has 1 heterocycles. The summed E-state index contributed by atoms with van der Waals surface area (Å²) in [6, 6.07) is 9.22. The van der Waals surface area contributed by atoms with Gasteiger partial charge in [0.15, 0.2) is 0 Å². The zero-order valence-corrected chi connectivity index (χ0v) is 11.4. The van der Waals surface area contributed by atoms with Gasteiger partial charge < -0.3 is 10.6 Å². The normalized spacial score (nSPS) is 9.89. The fraction of sp³-hybridized carbons (Fsp3) is 0.0769. The van der Waals surface area contributed by atoms with E-state index in [1.807, 2.05) is 24.3 Å². The Kier molecular flexibility index (Phi) is 3.94. The van der Waals surface area contributed by atoms with Gasteiger partial charge in [-0.3, -0.25) is 9.78 Å². The highest BCUT2D eigenvalue weighted by Gasteiger charge is 2.11. The third-order valence-corrected chi connectivity index (χ3v) is 3.15. The Balaban J connectivity index is 2.25. The minimum atomic E-state index is -0.195. The van der Waals surface area contributed by atoms with Crippen molar-refractivity contribution in [3.63, 3.8) is 0 Å². The fourth-order valence-electron chi connectivity index (χ4n) is 1.55. The van der Waals surface area contributed by atoms with Crippen molar-refractivity contribution in [3.8, 4) is 0 Å². The molecule has 1 aromatic carbocycles. The molecule has 0 bridgehead atoms. The summed E-state index contributed by atoms with van der Waals surface area (Å²) in [6.07, 6.45) is 3.18. The van der Waals surface area contributed by atoms with Crippen LogP contribution in [0.25, 0.3) is 0 Å². The molecule has 1 amide bonds. The van der Waals surface area contributed by atoms with E-state index in [-0.39, 0.29) is 5.91 Å². The Morgan fingerprint density at radius 1 is 1.22 bits per heavy atom. The minimum Gasteiger partial charge on any atom is -0.387 e. The number of hydrogen-bond donors (Lipinski definition) is 2. The van der Waals surface area contributed by atoms with E-state index in [0.29, 0.717) is 5.56 Å². The molecule has 0 saturated heterocycles. The van der Waals surface area contributed by atoms with Crippen molar-refractivity contribution in [1.82, 2.24) is 4.98 Å². The molecule has 2 N–H and O–H groups in total. The van der Waals surface area contributed by atoms with E-state index in [9.17, 15) is 4.79 Å². The largest absolute Gasteiger partial charge is 0.387 e. The highest BCUT2D eigenvalue weighted by Crippen LogP contribution is 2.23. The van der Waals surface area contributed by atoms with Crippen LogP contribution in [0.3, 0.4) is 0 Å². The van der Waals surface area contributed by atoms with Crippen molar-refractivity contribution in [3.05, 3.63) is 52.8 Å². The molecule has 0 fully saturated rings. The lowest BCUT2D eigenvalue weighted by Crippen LogP contribution is -2.14. The summed E-state index contributed by atoms with van der Waals surface area (Å²) in [6.45, 7) is 0. The van der Waals surface area contributed by atoms with Crippen LogP contribution in [0.2, 0.25) is 0 Å².